The number of fused-ring (bicyclic) bond motifs is 1. The zero-order chi connectivity index (χ0) is 13.3. The number of rotatable bonds is 3. The van der Waals surface area contributed by atoms with E-state index in [1.165, 1.54) is 11.8 Å². The average Bonchev–Trinajstić information content (AvgIpc) is 2.76. The van der Waals surface area contributed by atoms with E-state index >= 15 is 0 Å². The van der Waals surface area contributed by atoms with Crippen molar-refractivity contribution >= 4 is 16.9 Å². The fraction of sp³-hybridized carbons (Fsp3) is 0.909. The molecule has 2 fully saturated rings. The number of aliphatic hydroxyl groups is 2. The van der Waals surface area contributed by atoms with Gasteiger partial charge in [-0.3, -0.25) is 4.99 Å². The molecular weight excluding hydrogens is 256 g/mol. The van der Waals surface area contributed by atoms with Gasteiger partial charge in [-0.1, -0.05) is 11.8 Å². The van der Waals surface area contributed by atoms with Crippen LogP contribution >= 0.6 is 11.8 Å². The van der Waals surface area contributed by atoms with Crippen molar-refractivity contribution in [3.05, 3.63) is 0 Å². The molecule has 0 bridgehead atoms. The lowest BCUT2D eigenvalue weighted by Crippen LogP contribution is -2.61. The normalized spacial score (nSPS) is 43.6. The lowest BCUT2D eigenvalue weighted by molar-refractivity contribution is -0.189. The van der Waals surface area contributed by atoms with E-state index in [0.717, 1.165) is 5.17 Å². The zero-order valence-electron chi connectivity index (χ0n) is 10.7. The minimum atomic E-state index is -0.963. The van der Waals surface area contributed by atoms with Gasteiger partial charge in [0.1, 0.15) is 23.7 Å². The minimum absolute atomic E-state index is 0.240. The first-order chi connectivity index (χ1) is 8.58. The van der Waals surface area contributed by atoms with E-state index in [4.69, 9.17) is 9.47 Å². The SMILES string of the molecule is CCN=C1N[C@@H]2[C@@H](O)[C@H](O)[C@@H]([C@H](C)OC)O[C@@H]2S1. The molecule has 0 saturated carbocycles. The molecule has 0 aromatic rings. The van der Waals surface area contributed by atoms with Crippen molar-refractivity contribution in [1.82, 2.24) is 5.32 Å². The largest absolute Gasteiger partial charge is 0.388 e. The molecule has 2 aliphatic heterocycles. The van der Waals surface area contributed by atoms with Crippen LogP contribution in [-0.2, 0) is 9.47 Å². The summed E-state index contributed by atoms with van der Waals surface area (Å²) in [6.45, 7) is 4.43. The smallest absolute Gasteiger partial charge is 0.159 e. The van der Waals surface area contributed by atoms with Gasteiger partial charge in [0, 0.05) is 13.7 Å². The number of methoxy groups -OCH3 is 1. The van der Waals surface area contributed by atoms with Crippen molar-refractivity contribution in [3.63, 3.8) is 0 Å². The predicted molar refractivity (Wildman–Crippen MR) is 69.6 cm³/mol. The summed E-state index contributed by atoms with van der Waals surface area (Å²) < 4.78 is 11.0. The quantitative estimate of drug-likeness (QED) is 0.647. The second-order valence-corrected chi connectivity index (χ2v) is 5.55. The third kappa shape index (κ3) is 2.50. The summed E-state index contributed by atoms with van der Waals surface area (Å²) in [4.78, 5) is 4.26. The second kappa shape index (κ2) is 5.75. The van der Waals surface area contributed by atoms with Gasteiger partial charge in [-0.25, -0.2) is 0 Å². The van der Waals surface area contributed by atoms with Crippen LogP contribution < -0.4 is 5.32 Å². The molecule has 6 nitrogen and oxygen atoms in total. The molecule has 0 spiro atoms. The zero-order valence-corrected chi connectivity index (χ0v) is 11.6. The Morgan fingerprint density at radius 1 is 1.50 bits per heavy atom. The Balaban J connectivity index is 2.11. The molecule has 7 heteroatoms. The van der Waals surface area contributed by atoms with E-state index in [0.29, 0.717) is 6.54 Å². The van der Waals surface area contributed by atoms with Crippen LogP contribution in [0.3, 0.4) is 0 Å². The summed E-state index contributed by atoms with van der Waals surface area (Å²) in [6.07, 6.45) is -2.65. The topological polar surface area (TPSA) is 83.3 Å². The van der Waals surface area contributed by atoms with Crippen LogP contribution in [0.15, 0.2) is 4.99 Å². The van der Waals surface area contributed by atoms with Gasteiger partial charge < -0.3 is 25.0 Å². The lowest BCUT2D eigenvalue weighted by atomic mass is 9.95. The average molecular weight is 276 g/mol. The van der Waals surface area contributed by atoms with Crippen molar-refractivity contribution in [2.45, 2.75) is 49.7 Å². The van der Waals surface area contributed by atoms with Crippen LogP contribution in [0.4, 0.5) is 0 Å². The molecule has 2 rings (SSSR count). The van der Waals surface area contributed by atoms with E-state index < -0.39 is 18.3 Å². The van der Waals surface area contributed by atoms with Crippen LogP contribution in [0.2, 0.25) is 0 Å². The third-order valence-corrected chi connectivity index (χ3v) is 4.40. The summed E-state index contributed by atoms with van der Waals surface area (Å²) in [5.41, 5.74) is -0.240. The van der Waals surface area contributed by atoms with Crippen molar-refractivity contribution in [3.8, 4) is 0 Å². The number of aliphatic imine (C=N–C) groups is 1. The molecular formula is C11H20N2O4S. The van der Waals surface area contributed by atoms with Gasteiger partial charge in [0.2, 0.25) is 0 Å². The molecule has 104 valence electrons. The number of aliphatic hydroxyl groups excluding tert-OH is 2. The highest BCUT2D eigenvalue weighted by Crippen LogP contribution is 2.35. The molecule has 0 unspecified atom stereocenters. The van der Waals surface area contributed by atoms with Crippen LogP contribution in [0, 0.1) is 0 Å². The number of hydrogen-bond acceptors (Lipinski definition) is 6. The standard InChI is InChI=1S/C11H20N2O4S/c1-4-12-11-13-6-7(14)8(15)9(5(2)16-3)17-10(6)18-11/h5-10,14-15H,4H2,1-3H3,(H,12,13)/t5-,6+,7+,8-,9+,10+/m0/s1. The van der Waals surface area contributed by atoms with Gasteiger partial charge >= 0.3 is 0 Å². The van der Waals surface area contributed by atoms with E-state index in [1.807, 2.05) is 13.8 Å². The second-order valence-electron chi connectivity index (χ2n) is 4.46. The van der Waals surface area contributed by atoms with Crippen LogP contribution in [0.1, 0.15) is 13.8 Å². The Labute approximate surface area is 111 Å². The molecule has 2 saturated heterocycles. The van der Waals surface area contributed by atoms with Crippen LogP contribution in [-0.4, -0.2) is 64.9 Å². The molecule has 0 radical (unpaired) electrons. The molecule has 3 N–H and O–H groups in total. The minimum Gasteiger partial charge on any atom is -0.388 e. The maximum absolute atomic E-state index is 10.1. The molecule has 18 heavy (non-hydrogen) atoms. The fourth-order valence-electron chi connectivity index (χ4n) is 2.18. The highest BCUT2D eigenvalue weighted by molar-refractivity contribution is 8.14. The van der Waals surface area contributed by atoms with Gasteiger partial charge in [-0.15, -0.1) is 0 Å². The van der Waals surface area contributed by atoms with Crippen molar-refractivity contribution in [2.75, 3.05) is 13.7 Å². The first kappa shape index (κ1) is 14.1. The molecule has 2 heterocycles. The molecule has 0 aliphatic carbocycles. The lowest BCUT2D eigenvalue weighted by Gasteiger charge is -2.40. The Morgan fingerprint density at radius 3 is 2.83 bits per heavy atom. The number of thioether (sulfide) groups is 1. The van der Waals surface area contributed by atoms with E-state index in [2.05, 4.69) is 10.3 Å². The Bertz CT molecular complexity index is 328. The Morgan fingerprint density at radius 2 is 2.22 bits per heavy atom. The number of ether oxygens (including phenoxy) is 2. The Kier molecular flexibility index (Phi) is 4.50. The number of nitrogens with one attached hydrogen (secondary N) is 1. The summed E-state index contributed by atoms with van der Waals surface area (Å²) in [6, 6.07) is -0.324. The number of nitrogens with zero attached hydrogens (tertiary/aromatic N) is 1. The molecule has 0 amide bonds. The number of amidine groups is 1. The molecule has 6 atom stereocenters. The van der Waals surface area contributed by atoms with Crippen molar-refractivity contribution in [1.29, 1.82) is 0 Å². The van der Waals surface area contributed by atoms with E-state index in [-0.39, 0.29) is 17.6 Å². The molecule has 0 aromatic heterocycles. The molecule has 0 aromatic carbocycles. The predicted octanol–water partition coefficient (Wildman–Crippen LogP) is -0.451. The molecule has 2 aliphatic rings. The van der Waals surface area contributed by atoms with Crippen LogP contribution in [0.25, 0.3) is 0 Å². The van der Waals surface area contributed by atoms with E-state index in [9.17, 15) is 10.2 Å². The maximum Gasteiger partial charge on any atom is 0.159 e. The summed E-state index contributed by atoms with van der Waals surface area (Å²) >= 11 is 1.45. The first-order valence-corrected chi connectivity index (χ1v) is 6.98. The Hall–Kier alpha value is -0.340. The third-order valence-electron chi connectivity index (χ3n) is 3.29. The fourth-order valence-corrected chi connectivity index (χ4v) is 3.37. The van der Waals surface area contributed by atoms with Gasteiger partial charge in [-0.05, 0) is 13.8 Å². The maximum atomic E-state index is 10.1. The van der Waals surface area contributed by atoms with Gasteiger partial charge in [0.25, 0.3) is 0 Å². The van der Waals surface area contributed by atoms with Gasteiger partial charge in [0.05, 0.1) is 12.1 Å². The van der Waals surface area contributed by atoms with E-state index in [1.54, 1.807) is 7.11 Å². The van der Waals surface area contributed by atoms with Crippen molar-refractivity contribution in [2.24, 2.45) is 4.99 Å². The summed E-state index contributed by atoms with van der Waals surface area (Å²) in [7, 11) is 1.56. The monoisotopic (exact) mass is 276 g/mol. The highest BCUT2D eigenvalue weighted by atomic mass is 32.2. The summed E-state index contributed by atoms with van der Waals surface area (Å²) in [5, 5.41) is 24.0. The van der Waals surface area contributed by atoms with Gasteiger partial charge in [-0.2, -0.15) is 0 Å². The first-order valence-electron chi connectivity index (χ1n) is 6.10. The van der Waals surface area contributed by atoms with Crippen LogP contribution in [0.5, 0.6) is 0 Å². The highest BCUT2D eigenvalue weighted by Gasteiger charge is 2.50. The summed E-state index contributed by atoms with van der Waals surface area (Å²) in [5.74, 6) is 0. The number of hydrogen-bond donors (Lipinski definition) is 3. The van der Waals surface area contributed by atoms with Gasteiger partial charge in [0.15, 0.2) is 5.17 Å². The van der Waals surface area contributed by atoms with Crippen molar-refractivity contribution < 1.29 is 19.7 Å².